The van der Waals surface area contributed by atoms with Crippen molar-refractivity contribution in [3.8, 4) is 0 Å². The van der Waals surface area contributed by atoms with E-state index in [-0.39, 0.29) is 11.5 Å². The molecule has 0 aromatic heterocycles. The van der Waals surface area contributed by atoms with Gasteiger partial charge in [0.1, 0.15) is 0 Å². The highest BCUT2D eigenvalue weighted by Gasteiger charge is 2.40. The Bertz CT molecular complexity index is 576. The fraction of sp³-hybridized carbons (Fsp3) is 0.467. The van der Waals surface area contributed by atoms with Gasteiger partial charge in [0.25, 0.3) is 0 Å². The molecule has 1 saturated heterocycles. The van der Waals surface area contributed by atoms with E-state index in [1.165, 1.54) is 0 Å². The van der Waals surface area contributed by atoms with Crippen molar-refractivity contribution in [1.82, 2.24) is 10.2 Å². The maximum atomic E-state index is 12.6. The van der Waals surface area contributed by atoms with Gasteiger partial charge in [0, 0.05) is 13.1 Å². The summed E-state index contributed by atoms with van der Waals surface area (Å²) in [6.07, 6.45) is 1.88. The number of benzene rings is 1. The third-order valence-corrected chi connectivity index (χ3v) is 4.30. The van der Waals surface area contributed by atoms with E-state index in [0.29, 0.717) is 13.1 Å². The van der Waals surface area contributed by atoms with Crippen molar-refractivity contribution in [2.24, 2.45) is 0 Å². The molecular weight excluding hydrogens is 256 g/mol. The van der Waals surface area contributed by atoms with Gasteiger partial charge in [0.05, 0.1) is 11.1 Å². The maximum absolute atomic E-state index is 12.6. The number of amides is 1. The van der Waals surface area contributed by atoms with E-state index in [1.54, 1.807) is 12.1 Å². The third kappa shape index (κ3) is 2.08. The predicted molar refractivity (Wildman–Crippen MR) is 73.3 cm³/mol. The first-order chi connectivity index (χ1) is 9.49. The molecule has 5 heteroatoms. The molecule has 2 aliphatic rings. The number of carbonyl (C=O) groups is 2. The Morgan fingerprint density at radius 2 is 2.05 bits per heavy atom. The van der Waals surface area contributed by atoms with Crippen LogP contribution in [0.2, 0.25) is 0 Å². The molecule has 1 aromatic carbocycles. The number of rotatable bonds is 2. The van der Waals surface area contributed by atoms with Gasteiger partial charge in [0.2, 0.25) is 5.91 Å². The summed E-state index contributed by atoms with van der Waals surface area (Å²) >= 11 is 0. The third-order valence-electron chi connectivity index (χ3n) is 4.30. The number of aromatic carboxylic acids is 1. The molecule has 5 nitrogen and oxygen atoms in total. The van der Waals surface area contributed by atoms with Gasteiger partial charge >= 0.3 is 5.97 Å². The highest BCUT2D eigenvalue weighted by atomic mass is 16.4. The van der Waals surface area contributed by atoms with Gasteiger partial charge in [-0.1, -0.05) is 6.07 Å². The van der Waals surface area contributed by atoms with Gasteiger partial charge in [-0.15, -0.1) is 0 Å². The second-order valence-electron chi connectivity index (χ2n) is 5.81. The summed E-state index contributed by atoms with van der Waals surface area (Å²) in [6, 6.07) is 5.09. The first kappa shape index (κ1) is 13.1. The molecular formula is C15H18N2O3. The zero-order valence-electron chi connectivity index (χ0n) is 11.5. The van der Waals surface area contributed by atoms with Gasteiger partial charge in [0.15, 0.2) is 0 Å². The molecule has 1 amide bonds. The minimum atomic E-state index is -0.929. The maximum Gasteiger partial charge on any atom is 0.335 e. The van der Waals surface area contributed by atoms with Crippen LogP contribution in [0.4, 0.5) is 0 Å². The second kappa shape index (κ2) is 4.59. The number of carbonyl (C=O) groups excluding carboxylic acids is 1. The summed E-state index contributed by atoms with van der Waals surface area (Å²) in [5.41, 5.74) is 1.81. The molecule has 1 aromatic rings. The summed E-state index contributed by atoms with van der Waals surface area (Å²) in [5, 5.41) is 12.3. The number of carboxylic acids is 1. The van der Waals surface area contributed by atoms with Gasteiger partial charge in [-0.3, -0.25) is 4.79 Å². The second-order valence-corrected chi connectivity index (χ2v) is 5.81. The zero-order valence-corrected chi connectivity index (χ0v) is 11.5. The Morgan fingerprint density at radius 1 is 1.30 bits per heavy atom. The van der Waals surface area contributed by atoms with Crippen LogP contribution in [0.1, 0.15) is 41.3 Å². The largest absolute Gasteiger partial charge is 0.478 e. The molecule has 0 saturated carbocycles. The van der Waals surface area contributed by atoms with E-state index >= 15 is 0 Å². The van der Waals surface area contributed by atoms with Gasteiger partial charge in [-0.25, -0.2) is 4.79 Å². The molecule has 2 N–H and O–H groups in total. The molecule has 2 heterocycles. The Balaban J connectivity index is 1.80. The van der Waals surface area contributed by atoms with Gasteiger partial charge in [-0.05, 0) is 49.6 Å². The SMILES string of the molecule is CC1(C(=O)N2Cc3ccc(C(=O)O)cc3C2)CCCN1. The average Bonchev–Trinajstić information content (AvgIpc) is 3.03. The molecule has 106 valence electrons. The quantitative estimate of drug-likeness (QED) is 0.854. The topological polar surface area (TPSA) is 69.6 Å². The summed E-state index contributed by atoms with van der Waals surface area (Å²) in [6.45, 7) is 3.91. The Kier molecular flexibility index (Phi) is 3.01. The highest BCUT2D eigenvalue weighted by Crippen LogP contribution is 2.29. The molecule has 2 aliphatic heterocycles. The van der Waals surface area contributed by atoms with Crippen molar-refractivity contribution < 1.29 is 14.7 Å². The first-order valence-electron chi connectivity index (χ1n) is 6.89. The molecule has 20 heavy (non-hydrogen) atoms. The van der Waals surface area contributed by atoms with E-state index in [2.05, 4.69) is 5.32 Å². The monoisotopic (exact) mass is 274 g/mol. The Morgan fingerprint density at radius 3 is 2.70 bits per heavy atom. The Hall–Kier alpha value is -1.88. The standard InChI is InChI=1S/C15H18N2O3/c1-15(5-2-6-16-15)14(20)17-8-11-4-3-10(13(18)19)7-12(11)9-17/h3-4,7,16H,2,5-6,8-9H2,1H3,(H,18,19). The molecule has 3 rings (SSSR count). The minimum absolute atomic E-state index is 0.114. The van der Waals surface area contributed by atoms with Crippen LogP contribution in [0, 0.1) is 0 Å². The van der Waals surface area contributed by atoms with Gasteiger partial charge < -0.3 is 15.3 Å². The van der Waals surface area contributed by atoms with E-state index in [0.717, 1.165) is 30.5 Å². The molecule has 1 unspecified atom stereocenters. The summed E-state index contributed by atoms with van der Waals surface area (Å²) < 4.78 is 0. The van der Waals surface area contributed by atoms with Crippen molar-refractivity contribution in [3.63, 3.8) is 0 Å². The van der Waals surface area contributed by atoms with Crippen molar-refractivity contribution in [2.75, 3.05) is 6.54 Å². The van der Waals surface area contributed by atoms with Crippen molar-refractivity contribution in [3.05, 3.63) is 34.9 Å². The molecule has 0 spiro atoms. The normalized spacial score (nSPS) is 24.8. The molecule has 0 radical (unpaired) electrons. The lowest BCUT2D eigenvalue weighted by Gasteiger charge is -2.28. The highest BCUT2D eigenvalue weighted by molar-refractivity contribution is 5.89. The first-order valence-corrected chi connectivity index (χ1v) is 6.89. The number of hydrogen-bond donors (Lipinski definition) is 2. The van der Waals surface area contributed by atoms with E-state index < -0.39 is 11.5 Å². The van der Waals surface area contributed by atoms with Gasteiger partial charge in [-0.2, -0.15) is 0 Å². The molecule has 1 atom stereocenters. The predicted octanol–water partition coefficient (Wildman–Crippen LogP) is 1.37. The van der Waals surface area contributed by atoms with Crippen molar-refractivity contribution >= 4 is 11.9 Å². The summed E-state index contributed by atoms with van der Waals surface area (Å²) in [7, 11) is 0. The fourth-order valence-corrected chi connectivity index (χ4v) is 3.10. The number of fused-ring (bicyclic) bond motifs is 1. The summed E-state index contributed by atoms with van der Waals surface area (Å²) in [5.74, 6) is -0.815. The molecule has 1 fully saturated rings. The lowest BCUT2D eigenvalue weighted by molar-refractivity contribution is -0.137. The van der Waals surface area contributed by atoms with Crippen LogP contribution in [-0.2, 0) is 17.9 Å². The Labute approximate surface area is 117 Å². The number of nitrogens with zero attached hydrogens (tertiary/aromatic N) is 1. The van der Waals surface area contributed by atoms with E-state index in [9.17, 15) is 9.59 Å². The van der Waals surface area contributed by atoms with Crippen LogP contribution in [-0.4, -0.2) is 34.0 Å². The molecule has 0 bridgehead atoms. The molecule has 0 aliphatic carbocycles. The van der Waals surface area contributed by atoms with E-state index in [1.807, 2.05) is 17.9 Å². The zero-order chi connectivity index (χ0) is 14.3. The van der Waals surface area contributed by atoms with Crippen LogP contribution >= 0.6 is 0 Å². The van der Waals surface area contributed by atoms with Crippen LogP contribution in [0.3, 0.4) is 0 Å². The van der Waals surface area contributed by atoms with Crippen molar-refractivity contribution in [1.29, 1.82) is 0 Å². The number of hydrogen-bond acceptors (Lipinski definition) is 3. The van der Waals surface area contributed by atoms with E-state index in [4.69, 9.17) is 5.11 Å². The number of nitrogens with one attached hydrogen (secondary N) is 1. The lowest BCUT2D eigenvalue weighted by Crippen LogP contribution is -2.51. The van der Waals surface area contributed by atoms with Crippen LogP contribution < -0.4 is 5.32 Å². The minimum Gasteiger partial charge on any atom is -0.478 e. The fourth-order valence-electron chi connectivity index (χ4n) is 3.10. The summed E-state index contributed by atoms with van der Waals surface area (Å²) in [4.78, 5) is 25.4. The van der Waals surface area contributed by atoms with Crippen LogP contribution in [0.15, 0.2) is 18.2 Å². The van der Waals surface area contributed by atoms with Crippen molar-refractivity contribution in [2.45, 2.75) is 38.4 Å². The van der Waals surface area contributed by atoms with Crippen LogP contribution in [0.25, 0.3) is 0 Å². The smallest absolute Gasteiger partial charge is 0.335 e. The number of carboxylic acid groups (broad SMARTS) is 1. The van der Waals surface area contributed by atoms with Crippen LogP contribution in [0.5, 0.6) is 0 Å². The lowest BCUT2D eigenvalue weighted by atomic mass is 9.98. The average molecular weight is 274 g/mol.